The molecule has 2 aromatic carbocycles. The summed E-state index contributed by atoms with van der Waals surface area (Å²) in [6, 6.07) is 15.6. The van der Waals surface area contributed by atoms with Crippen molar-refractivity contribution in [1.82, 2.24) is 0 Å². The lowest BCUT2D eigenvalue weighted by Crippen LogP contribution is -2.15. The predicted octanol–water partition coefficient (Wildman–Crippen LogP) is 6.01. The van der Waals surface area contributed by atoms with E-state index in [0.29, 0.717) is 30.0 Å². The van der Waals surface area contributed by atoms with Crippen molar-refractivity contribution in [3.05, 3.63) is 70.6 Å². The van der Waals surface area contributed by atoms with Gasteiger partial charge in [-0.1, -0.05) is 42.0 Å². The van der Waals surface area contributed by atoms with Gasteiger partial charge >= 0.3 is 5.97 Å². The Kier molecular flexibility index (Phi) is 7.84. The first kappa shape index (κ1) is 22.6. The molecule has 0 aliphatic carbocycles. The van der Waals surface area contributed by atoms with Crippen LogP contribution < -0.4 is 10.1 Å². The molecule has 0 radical (unpaired) electrons. The smallest absolute Gasteiger partial charge is 0.341 e. The second kappa shape index (κ2) is 10.8. The van der Waals surface area contributed by atoms with Crippen molar-refractivity contribution in [2.75, 3.05) is 18.5 Å². The molecular weight excluding hydrogens is 410 g/mol. The molecular formula is C25H27NO4S. The van der Waals surface area contributed by atoms with Gasteiger partial charge in [0, 0.05) is 17.4 Å². The standard InChI is InChI=1S/C25H27NO4S/c1-4-29-25(28)23-21(20-13-12-17(2)15-18(20)3)16-31-24(23)26-22(27)11-8-14-30-19-9-6-5-7-10-19/h5-7,9-10,12-13,15-16H,4,8,11,14H2,1-3H3,(H,26,27). The SMILES string of the molecule is CCOC(=O)c1c(-c2ccc(C)cc2C)csc1NC(=O)CCCOc1ccccc1. The Hall–Kier alpha value is -3.12. The maximum atomic E-state index is 12.7. The van der Waals surface area contributed by atoms with Gasteiger partial charge in [-0.2, -0.15) is 0 Å². The van der Waals surface area contributed by atoms with Crippen LogP contribution in [0.3, 0.4) is 0 Å². The van der Waals surface area contributed by atoms with E-state index in [4.69, 9.17) is 9.47 Å². The fraction of sp³-hybridized carbons (Fsp3) is 0.280. The maximum absolute atomic E-state index is 12.7. The van der Waals surface area contributed by atoms with Crippen LogP contribution in [0.15, 0.2) is 53.9 Å². The lowest BCUT2D eigenvalue weighted by atomic mass is 9.97. The third-order valence-electron chi connectivity index (χ3n) is 4.76. The Morgan fingerprint density at radius 2 is 1.81 bits per heavy atom. The number of carbonyl (C=O) groups is 2. The largest absolute Gasteiger partial charge is 0.494 e. The molecule has 31 heavy (non-hydrogen) atoms. The summed E-state index contributed by atoms with van der Waals surface area (Å²) in [5.74, 6) is 0.196. The van der Waals surface area contributed by atoms with Gasteiger partial charge in [0.15, 0.2) is 0 Å². The van der Waals surface area contributed by atoms with Crippen LogP contribution in [0.1, 0.15) is 41.3 Å². The van der Waals surface area contributed by atoms with E-state index in [2.05, 4.69) is 11.4 Å². The molecule has 0 aliphatic heterocycles. The Labute approximate surface area is 187 Å². The second-order valence-electron chi connectivity index (χ2n) is 7.21. The summed E-state index contributed by atoms with van der Waals surface area (Å²) in [6.45, 7) is 6.53. The normalized spacial score (nSPS) is 10.5. The maximum Gasteiger partial charge on any atom is 0.341 e. The summed E-state index contributed by atoms with van der Waals surface area (Å²) in [5, 5.41) is 5.31. The van der Waals surface area contributed by atoms with Crippen molar-refractivity contribution in [3.63, 3.8) is 0 Å². The van der Waals surface area contributed by atoms with E-state index in [0.717, 1.165) is 28.0 Å². The topological polar surface area (TPSA) is 64.6 Å². The number of amides is 1. The molecule has 0 spiro atoms. The summed E-state index contributed by atoms with van der Waals surface area (Å²) in [5.41, 5.74) is 4.37. The number of nitrogens with one attached hydrogen (secondary N) is 1. The molecule has 1 N–H and O–H groups in total. The number of anilines is 1. The van der Waals surface area contributed by atoms with Crippen molar-refractivity contribution in [1.29, 1.82) is 0 Å². The van der Waals surface area contributed by atoms with Gasteiger partial charge in [-0.15, -0.1) is 11.3 Å². The Morgan fingerprint density at radius 3 is 2.52 bits per heavy atom. The molecule has 6 heteroatoms. The number of hydrogen-bond acceptors (Lipinski definition) is 5. The molecule has 5 nitrogen and oxygen atoms in total. The van der Waals surface area contributed by atoms with Crippen LogP contribution in [-0.2, 0) is 9.53 Å². The number of benzene rings is 2. The minimum absolute atomic E-state index is 0.156. The average molecular weight is 438 g/mol. The van der Waals surface area contributed by atoms with Gasteiger partial charge < -0.3 is 14.8 Å². The van der Waals surface area contributed by atoms with E-state index < -0.39 is 5.97 Å². The highest BCUT2D eigenvalue weighted by Gasteiger charge is 2.23. The van der Waals surface area contributed by atoms with Crippen LogP contribution in [-0.4, -0.2) is 25.1 Å². The van der Waals surface area contributed by atoms with Crippen LogP contribution >= 0.6 is 11.3 Å². The minimum atomic E-state index is -0.429. The highest BCUT2D eigenvalue weighted by molar-refractivity contribution is 7.15. The molecule has 0 aliphatic rings. The number of carbonyl (C=O) groups excluding carboxylic acids is 2. The highest BCUT2D eigenvalue weighted by Crippen LogP contribution is 2.38. The fourth-order valence-corrected chi connectivity index (χ4v) is 4.26. The number of para-hydroxylation sites is 1. The van der Waals surface area contributed by atoms with E-state index >= 15 is 0 Å². The van der Waals surface area contributed by atoms with Gasteiger partial charge in [-0.25, -0.2) is 4.79 Å². The molecule has 162 valence electrons. The van der Waals surface area contributed by atoms with Gasteiger partial charge in [-0.05, 0) is 50.5 Å². The molecule has 0 unspecified atom stereocenters. The minimum Gasteiger partial charge on any atom is -0.494 e. The van der Waals surface area contributed by atoms with E-state index in [9.17, 15) is 9.59 Å². The molecule has 1 amide bonds. The molecule has 3 rings (SSSR count). The Bertz CT molecular complexity index is 1040. The molecule has 0 atom stereocenters. The number of thiophene rings is 1. The number of hydrogen-bond donors (Lipinski definition) is 1. The predicted molar refractivity (Wildman–Crippen MR) is 125 cm³/mol. The second-order valence-corrected chi connectivity index (χ2v) is 8.09. The molecule has 1 heterocycles. The number of ether oxygens (including phenoxy) is 2. The van der Waals surface area contributed by atoms with Gasteiger partial charge in [0.2, 0.25) is 5.91 Å². The van der Waals surface area contributed by atoms with Crippen molar-refractivity contribution in [3.8, 4) is 16.9 Å². The van der Waals surface area contributed by atoms with Crippen molar-refractivity contribution in [2.45, 2.75) is 33.6 Å². The van der Waals surface area contributed by atoms with E-state index in [1.165, 1.54) is 11.3 Å². The van der Waals surface area contributed by atoms with Crippen LogP contribution in [0.2, 0.25) is 0 Å². The van der Waals surface area contributed by atoms with Crippen LogP contribution in [0.4, 0.5) is 5.00 Å². The highest BCUT2D eigenvalue weighted by atomic mass is 32.1. The summed E-state index contributed by atoms with van der Waals surface area (Å²) >= 11 is 1.34. The van der Waals surface area contributed by atoms with Crippen molar-refractivity contribution in [2.24, 2.45) is 0 Å². The molecule has 0 bridgehead atoms. The van der Waals surface area contributed by atoms with E-state index in [1.54, 1.807) is 6.92 Å². The van der Waals surface area contributed by atoms with Crippen LogP contribution in [0.25, 0.3) is 11.1 Å². The zero-order chi connectivity index (χ0) is 22.2. The van der Waals surface area contributed by atoms with Crippen LogP contribution in [0, 0.1) is 13.8 Å². The summed E-state index contributed by atoms with van der Waals surface area (Å²) in [7, 11) is 0. The lowest BCUT2D eigenvalue weighted by Gasteiger charge is -2.11. The Morgan fingerprint density at radius 1 is 1.03 bits per heavy atom. The number of esters is 1. The first-order valence-corrected chi connectivity index (χ1v) is 11.2. The number of aryl methyl sites for hydroxylation is 2. The zero-order valence-corrected chi connectivity index (χ0v) is 18.9. The summed E-state index contributed by atoms with van der Waals surface area (Å²) < 4.78 is 10.9. The first-order chi connectivity index (χ1) is 15.0. The first-order valence-electron chi connectivity index (χ1n) is 10.3. The third-order valence-corrected chi connectivity index (χ3v) is 5.65. The van der Waals surface area contributed by atoms with E-state index in [-0.39, 0.29) is 12.5 Å². The molecule has 3 aromatic rings. The number of rotatable bonds is 9. The average Bonchev–Trinajstić information content (AvgIpc) is 3.15. The van der Waals surface area contributed by atoms with Gasteiger partial charge in [0.25, 0.3) is 0 Å². The van der Waals surface area contributed by atoms with Crippen LogP contribution in [0.5, 0.6) is 5.75 Å². The zero-order valence-electron chi connectivity index (χ0n) is 18.1. The molecule has 0 saturated carbocycles. The van der Waals surface area contributed by atoms with Gasteiger partial charge in [0.1, 0.15) is 16.3 Å². The quantitative estimate of drug-likeness (QED) is 0.329. The monoisotopic (exact) mass is 437 g/mol. The molecule has 1 aromatic heterocycles. The molecule has 0 fully saturated rings. The van der Waals surface area contributed by atoms with Crippen molar-refractivity contribution < 1.29 is 19.1 Å². The summed E-state index contributed by atoms with van der Waals surface area (Å²) in [6.07, 6.45) is 0.872. The van der Waals surface area contributed by atoms with Crippen molar-refractivity contribution >= 4 is 28.2 Å². The lowest BCUT2D eigenvalue weighted by molar-refractivity contribution is -0.116. The third kappa shape index (κ3) is 5.95. The van der Waals surface area contributed by atoms with Gasteiger partial charge in [-0.3, -0.25) is 4.79 Å². The fourth-order valence-electron chi connectivity index (χ4n) is 3.30. The van der Waals surface area contributed by atoms with E-state index in [1.807, 2.05) is 61.7 Å². The van der Waals surface area contributed by atoms with Gasteiger partial charge in [0.05, 0.1) is 13.2 Å². The molecule has 0 saturated heterocycles. The Balaban J connectivity index is 1.70. The summed E-state index contributed by atoms with van der Waals surface area (Å²) in [4.78, 5) is 25.2.